The van der Waals surface area contributed by atoms with Gasteiger partial charge in [0.2, 0.25) is 0 Å². The summed E-state index contributed by atoms with van der Waals surface area (Å²) >= 11 is 0. The van der Waals surface area contributed by atoms with Crippen molar-refractivity contribution in [2.24, 2.45) is 29.4 Å². The van der Waals surface area contributed by atoms with Crippen molar-refractivity contribution in [3.63, 3.8) is 0 Å². The summed E-state index contributed by atoms with van der Waals surface area (Å²) in [7, 11) is 0. The minimum absolute atomic E-state index is 0.00173. The highest BCUT2D eigenvalue weighted by Crippen LogP contribution is 2.44. The maximum absolute atomic E-state index is 12.8. The molecule has 4 nitrogen and oxygen atoms in total. The standard InChI is InChI=1S/C20H28F3N3O/c1-12-5-6-15(10-16(12)17(11-24)13-3-2-4-13)26-19(27)14-7-8-25-18(9-14)20(21,22)23/h7-9,12-13,15-17H,2-6,10-11,24H2,1H3,(H,26,27). The summed E-state index contributed by atoms with van der Waals surface area (Å²) in [5, 5.41) is 2.94. The zero-order valence-corrected chi connectivity index (χ0v) is 15.6. The zero-order valence-electron chi connectivity index (χ0n) is 15.6. The molecule has 4 unspecified atom stereocenters. The van der Waals surface area contributed by atoms with Crippen molar-refractivity contribution in [2.45, 2.75) is 57.7 Å². The van der Waals surface area contributed by atoms with Crippen molar-refractivity contribution >= 4 is 5.91 Å². The normalized spacial score (nSPS) is 27.7. The van der Waals surface area contributed by atoms with E-state index < -0.39 is 17.8 Å². The third-order valence-corrected chi connectivity index (χ3v) is 6.48. The summed E-state index contributed by atoms with van der Waals surface area (Å²) in [5.74, 6) is 1.72. The van der Waals surface area contributed by atoms with E-state index in [0.717, 1.165) is 31.5 Å². The molecule has 0 saturated heterocycles. The minimum atomic E-state index is -4.56. The molecule has 4 atom stereocenters. The van der Waals surface area contributed by atoms with Crippen LogP contribution in [-0.4, -0.2) is 23.5 Å². The summed E-state index contributed by atoms with van der Waals surface area (Å²) < 4.78 is 38.5. The molecule has 7 heteroatoms. The zero-order chi connectivity index (χ0) is 19.6. The molecule has 27 heavy (non-hydrogen) atoms. The van der Waals surface area contributed by atoms with Gasteiger partial charge in [-0.05, 0) is 61.6 Å². The summed E-state index contributed by atoms with van der Waals surface area (Å²) in [4.78, 5) is 15.8. The van der Waals surface area contributed by atoms with Crippen LogP contribution in [0.2, 0.25) is 0 Å². The summed E-state index contributed by atoms with van der Waals surface area (Å²) in [5.41, 5.74) is 5.03. The van der Waals surface area contributed by atoms with E-state index in [1.807, 2.05) is 0 Å². The lowest BCUT2D eigenvalue weighted by Crippen LogP contribution is -2.45. The third-order valence-electron chi connectivity index (χ3n) is 6.48. The van der Waals surface area contributed by atoms with E-state index >= 15 is 0 Å². The van der Waals surface area contributed by atoms with Gasteiger partial charge in [0.1, 0.15) is 5.69 Å². The van der Waals surface area contributed by atoms with Gasteiger partial charge in [-0.25, -0.2) is 0 Å². The number of alkyl halides is 3. The highest BCUT2D eigenvalue weighted by Gasteiger charge is 2.39. The molecular formula is C20H28F3N3O. The first kappa shape index (κ1) is 20.1. The first-order valence-electron chi connectivity index (χ1n) is 9.83. The molecule has 2 saturated carbocycles. The fraction of sp³-hybridized carbons (Fsp3) is 0.700. The Morgan fingerprint density at radius 2 is 2.07 bits per heavy atom. The van der Waals surface area contributed by atoms with Crippen molar-refractivity contribution in [3.05, 3.63) is 29.6 Å². The Kier molecular flexibility index (Phi) is 6.08. The Hall–Kier alpha value is -1.63. The van der Waals surface area contributed by atoms with Gasteiger partial charge in [-0.15, -0.1) is 0 Å². The van der Waals surface area contributed by atoms with Gasteiger partial charge >= 0.3 is 6.18 Å². The highest BCUT2D eigenvalue weighted by atomic mass is 19.4. The number of hydrogen-bond donors (Lipinski definition) is 2. The van der Waals surface area contributed by atoms with Crippen LogP contribution in [0, 0.1) is 23.7 Å². The van der Waals surface area contributed by atoms with E-state index in [9.17, 15) is 18.0 Å². The molecule has 150 valence electrons. The largest absolute Gasteiger partial charge is 0.433 e. The number of nitrogens with two attached hydrogens (primary N) is 1. The molecule has 2 fully saturated rings. The lowest BCUT2D eigenvalue weighted by atomic mass is 9.63. The fourth-order valence-electron chi connectivity index (χ4n) is 4.67. The quantitative estimate of drug-likeness (QED) is 0.807. The van der Waals surface area contributed by atoms with Crippen LogP contribution in [0.15, 0.2) is 18.3 Å². The number of nitrogens with one attached hydrogen (secondary N) is 1. The van der Waals surface area contributed by atoms with Gasteiger partial charge in [-0.1, -0.05) is 26.2 Å². The second-order valence-electron chi connectivity index (χ2n) is 8.14. The van der Waals surface area contributed by atoms with Crippen molar-refractivity contribution in [3.8, 4) is 0 Å². The van der Waals surface area contributed by atoms with Crippen molar-refractivity contribution in [1.82, 2.24) is 10.3 Å². The Balaban J connectivity index is 1.65. The SMILES string of the molecule is CC1CCC(NC(=O)c2ccnc(C(F)(F)F)c2)CC1C(CN)C1CCC1. The van der Waals surface area contributed by atoms with Crippen LogP contribution in [0.25, 0.3) is 0 Å². The molecule has 3 rings (SSSR count). The van der Waals surface area contributed by atoms with Gasteiger partial charge in [0.15, 0.2) is 0 Å². The second kappa shape index (κ2) is 8.17. The predicted molar refractivity (Wildman–Crippen MR) is 96.9 cm³/mol. The number of amides is 1. The van der Waals surface area contributed by atoms with E-state index in [-0.39, 0.29) is 11.6 Å². The van der Waals surface area contributed by atoms with Crippen LogP contribution in [0.1, 0.15) is 61.5 Å². The summed E-state index contributed by atoms with van der Waals surface area (Å²) in [6, 6.07) is 2.12. The summed E-state index contributed by atoms with van der Waals surface area (Å²) in [6.45, 7) is 2.92. The lowest BCUT2D eigenvalue weighted by Gasteiger charge is -2.44. The average molecular weight is 383 g/mol. The van der Waals surface area contributed by atoms with Crippen LogP contribution in [-0.2, 0) is 6.18 Å². The van der Waals surface area contributed by atoms with Crippen LogP contribution >= 0.6 is 0 Å². The first-order valence-corrected chi connectivity index (χ1v) is 9.83. The molecule has 1 aromatic heterocycles. The number of aromatic nitrogens is 1. The molecule has 2 aliphatic rings. The van der Waals surface area contributed by atoms with Gasteiger partial charge in [-0.3, -0.25) is 9.78 Å². The van der Waals surface area contributed by atoms with Gasteiger partial charge in [-0.2, -0.15) is 13.2 Å². The topological polar surface area (TPSA) is 68.0 Å². The van der Waals surface area contributed by atoms with E-state index in [4.69, 9.17) is 5.73 Å². The first-order chi connectivity index (χ1) is 12.8. The number of pyridine rings is 1. The number of carbonyl (C=O) groups excluding carboxylic acids is 1. The van der Waals surface area contributed by atoms with Crippen LogP contribution in [0.4, 0.5) is 13.2 Å². The molecule has 2 aliphatic carbocycles. The number of rotatable bonds is 5. The second-order valence-corrected chi connectivity index (χ2v) is 8.14. The van der Waals surface area contributed by atoms with Crippen LogP contribution < -0.4 is 11.1 Å². The van der Waals surface area contributed by atoms with Gasteiger partial charge in [0.25, 0.3) is 5.91 Å². The minimum Gasteiger partial charge on any atom is -0.349 e. The molecule has 1 aromatic rings. The van der Waals surface area contributed by atoms with E-state index in [2.05, 4.69) is 17.2 Å². The van der Waals surface area contributed by atoms with E-state index in [0.29, 0.717) is 30.2 Å². The van der Waals surface area contributed by atoms with Crippen molar-refractivity contribution in [1.29, 1.82) is 0 Å². The van der Waals surface area contributed by atoms with Gasteiger partial charge < -0.3 is 11.1 Å². The Labute approximate surface area is 158 Å². The number of nitrogens with zero attached hydrogens (tertiary/aromatic N) is 1. The van der Waals surface area contributed by atoms with E-state index in [1.165, 1.54) is 25.3 Å². The molecule has 3 N–H and O–H groups in total. The molecule has 0 radical (unpaired) electrons. The monoisotopic (exact) mass is 383 g/mol. The van der Waals surface area contributed by atoms with Crippen molar-refractivity contribution < 1.29 is 18.0 Å². The third kappa shape index (κ3) is 4.62. The van der Waals surface area contributed by atoms with E-state index in [1.54, 1.807) is 0 Å². The molecular weight excluding hydrogens is 355 g/mol. The maximum atomic E-state index is 12.8. The Bertz CT molecular complexity index is 660. The van der Waals surface area contributed by atoms with Crippen LogP contribution in [0.5, 0.6) is 0 Å². The molecule has 0 aliphatic heterocycles. The molecule has 1 heterocycles. The number of carbonyl (C=O) groups is 1. The molecule has 1 amide bonds. The lowest BCUT2D eigenvalue weighted by molar-refractivity contribution is -0.141. The highest BCUT2D eigenvalue weighted by molar-refractivity contribution is 5.94. The predicted octanol–water partition coefficient (Wildman–Crippen LogP) is 4.01. The molecule has 0 bridgehead atoms. The Morgan fingerprint density at radius 3 is 2.67 bits per heavy atom. The molecule has 0 aromatic carbocycles. The molecule has 0 spiro atoms. The average Bonchev–Trinajstić information content (AvgIpc) is 2.59. The smallest absolute Gasteiger partial charge is 0.349 e. The van der Waals surface area contributed by atoms with Crippen molar-refractivity contribution in [2.75, 3.05) is 6.54 Å². The maximum Gasteiger partial charge on any atom is 0.433 e. The number of hydrogen-bond acceptors (Lipinski definition) is 3. The van der Waals surface area contributed by atoms with Gasteiger partial charge in [0.05, 0.1) is 0 Å². The Morgan fingerprint density at radius 1 is 1.33 bits per heavy atom. The van der Waals surface area contributed by atoms with Crippen LogP contribution in [0.3, 0.4) is 0 Å². The van der Waals surface area contributed by atoms with Gasteiger partial charge in [0, 0.05) is 17.8 Å². The fourth-order valence-corrected chi connectivity index (χ4v) is 4.67. The summed E-state index contributed by atoms with van der Waals surface area (Å²) in [6.07, 6.45) is 2.92. The number of halogens is 3.